The molecule has 1 atom stereocenters. The largest absolute Gasteiger partial charge is 0.486 e. The van der Waals surface area contributed by atoms with Crippen molar-refractivity contribution in [2.75, 3.05) is 19.7 Å². The fourth-order valence-corrected chi connectivity index (χ4v) is 2.21. The molecule has 1 saturated heterocycles. The number of nitrogens with zero attached hydrogens (tertiary/aromatic N) is 1. The Morgan fingerprint density at radius 2 is 2.35 bits per heavy atom. The molecule has 0 saturated carbocycles. The maximum Gasteiger partial charge on any atom is 0.310 e. The Morgan fingerprint density at radius 1 is 1.55 bits per heavy atom. The van der Waals surface area contributed by atoms with Crippen molar-refractivity contribution in [2.45, 2.75) is 12.8 Å². The summed E-state index contributed by atoms with van der Waals surface area (Å²) in [6, 6.07) is 3.90. The number of nitro groups is 1. The monoisotopic (exact) mass is 279 g/mol. The molecule has 1 heterocycles. The number of amides is 1. The molecule has 1 unspecified atom stereocenters. The summed E-state index contributed by atoms with van der Waals surface area (Å²) < 4.78 is 5.54. The van der Waals surface area contributed by atoms with Crippen LogP contribution in [0.1, 0.15) is 23.2 Å². The minimum absolute atomic E-state index is 0.0943. The van der Waals surface area contributed by atoms with E-state index in [4.69, 9.17) is 10.5 Å². The summed E-state index contributed by atoms with van der Waals surface area (Å²) in [5, 5.41) is 14.2. The number of rotatable bonds is 5. The zero-order chi connectivity index (χ0) is 14.5. The Hall–Kier alpha value is -2.15. The Bertz CT molecular complexity index is 512. The molecule has 1 aliphatic rings. The van der Waals surface area contributed by atoms with Crippen LogP contribution in [0.2, 0.25) is 0 Å². The lowest BCUT2D eigenvalue weighted by Crippen LogP contribution is -2.33. The molecule has 0 radical (unpaired) electrons. The van der Waals surface area contributed by atoms with Gasteiger partial charge in [0.15, 0.2) is 5.75 Å². The topological polar surface area (TPSA) is 107 Å². The summed E-state index contributed by atoms with van der Waals surface area (Å²) in [4.78, 5) is 21.5. The smallest absolute Gasteiger partial charge is 0.310 e. The first-order valence-electron chi connectivity index (χ1n) is 6.49. The fraction of sp³-hybridized carbons (Fsp3) is 0.462. The number of benzene rings is 1. The van der Waals surface area contributed by atoms with Crippen molar-refractivity contribution in [3.8, 4) is 5.75 Å². The lowest BCUT2D eigenvalue weighted by atomic mass is 10.0. The molecule has 0 spiro atoms. The normalized spacial score (nSPS) is 18.5. The molecule has 1 aromatic rings. The van der Waals surface area contributed by atoms with E-state index in [9.17, 15) is 14.9 Å². The van der Waals surface area contributed by atoms with Gasteiger partial charge in [-0.1, -0.05) is 0 Å². The van der Waals surface area contributed by atoms with Crippen LogP contribution in [0.3, 0.4) is 0 Å². The Labute approximate surface area is 116 Å². The molecule has 1 fully saturated rings. The number of ether oxygens (including phenoxy) is 1. The van der Waals surface area contributed by atoms with E-state index in [0.717, 1.165) is 25.9 Å². The van der Waals surface area contributed by atoms with Crippen molar-refractivity contribution >= 4 is 11.6 Å². The summed E-state index contributed by atoms with van der Waals surface area (Å²) in [5.74, 6) is -0.221. The third kappa shape index (κ3) is 3.45. The zero-order valence-corrected chi connectivity index (χ0v) is 11.0. The van der Waals surface area contributed by atoms with Gasteiger partial charge in [0, 0.05) is 30.2 Å². The molecule has 3 N–H and O–H groups in total. The van der Waals surface area contributed by atoms with Crippen LogP contribution < -0.4 is 15.8 Å². The average molecular weight is 279 g/mol. The van der Waals surface area contributed by atoms with Gasteiger partial charge in [0.05, 0.1) is 11.5 Å². The highest BCUT2D eigenvalue weighted by atomic mass is 16.6. The van der Waals surface area contributed by atoms with Crippen molar-refractivity contribution in [1.29, 1.82) is 0 Å². The number of nitrogens with two attached hydrogens (primary N) is 1. The second-order valence-corrected chi connectivity index (χ2v) is 4.83. The quantitative estimate of drug-likeness (QED) is 0.619. The predicted octanol–water partition coefficient (Wildman–Crippen LogP) is 1.07. The maximum absolute atomic E-state index is 11.1. The van der Waals surface area contributed by atoms with Crippen LogP contribution in [0.4, 0.5) is 5.69 Å². The zero-order valence-electron chi connectivity index (χ0n) is 11.0. The minimum Gasteiger partial charge on any atom is -0.486 e. The lowest BCUT2D eigenvalue weighted by molar-refractivity contribution is -0.385. The van der Waals surface area contributed by atoms with Crippen molar-refractivity contribution in [3.05, 3.63) is 33.9 Å². The summed E-state index contributed by atoms with van der Waals surface area (Å²) in [5.41, 5.74) is 5.22. The molecule has 108 valence electrons. The van der Waals surface area contributed by atoms with Crippen LogP contribution in [0.5, 0.6) is 5.75 Å². The van der Waals surface area contributed by atoms with E-state index in [1.807, 2.05) is 0 Å². The summed E-state index contributed by atoms with van der Waals surface area (Å²) in [6.07, 6.45) is 2.09. The molecule has 1 aromatic carbocycles. The van der Waals surface area contributed by atoms with Gasteiger partial charge in [-0.05, 0) is 25.5 Å². The van der Waals surface area contributed by atoms with Gasteiger partial charge < -0.3 is 15.8 Å². The second kappa shape index (κ2) is 6.33. The highest BCUT2D eigenvalue weighted by Crippen LogP contribution is 2.28. The molecule has 7 nitrogen and oxygen atoms in total. The van der Waals surface area contributed by atoms with Gasteiger partial charge in [0.25, 0.3) is 0 Å². The van der Waals surface area contributed by atoms with Gasteiger partial charge in [-0.2, -0.15) is 0 Å². The SMILES string of the molecule is NC(=O)c1ccc([N+](=O)[O-])c(OCC2CCCNC2)c1. The van der Waals surface area contributed by atoms with Gasteiger partial charge in [-0.3, -0.25) is 14.9 Å². The number of nitro benzene ring substituents is 1. The van der Waals surface area contributed by atoms with Crippen molar-refractivity contribution in [3.63, 3.8) is 0 Å². The standard InChI is InChI=1S/C13H17N3O4/c14-13(17)10-3-4-11(16(18)19)12(6-10)20-8-9-2-1-5-15-7-9/h3-4,6,9,15H,1-2,5,7-8H2,(H2,14,17). The van der Waals surface area contributed by atoms with Gasteiger partial charge in [-0.15, -0.1) is 0 Å². The van der Waals surface area contributed by atoms with Crippen LogP contribution in [0, 0.1) is 16.0 Å². The average Bonchev–Trinajstić information content (AvgIpc) is 2.45. The van der Waals surface area contributed by atoms with Crippen LogP contribution >= 0.6 is 0 Å². The number of carbonyl (C=O) groups is 1. The third-order valence-electron chi connectivity index (χ3n) is 3.31. The number of hydrogen-bond acceptors (Lipinski definition) is 5. The summed E-state index contributed by atoms with van der Waals surface area (Å²) >= 11 is 0. The van der Waals surface area contributed by atoms with Crippen molar-refractivity contribution in [1.82, 2.24) is 5.32 Å². The Kier molecular flexibility index (Phi) is 4.52. The van der Waals surface area contributed by atoms with Crippen LogP contribution in [0.15, 0.2) is 18.2 Å². The molecule has 2 rings (SSSR count). The van der Waals surface area contributed by atoms with Gasteiger partial charge in [-0.25, -0.2) is 0 Å². The van der Waals surface area contributed by atoms with E-state index in [1.165, 1.54) is 18.2 Å². The first kappa shape index (κ1) is 14.3. The van der Waals surface area contributed by atoms with E-state index < -0.39 is 10.8 Å². The first-order chi connectivity index (χ1) is 9.58. The molecule has 1 amide bonds. The highest BCUT2D eigenvalue weighted by molar-refractivity contribution is 5.93. The molecule has 0 aromatic heterocycles. The number of hydrogen-bond donors (Lipinski definition) is 2. The van der Waals surface area contributed by atoms with Gasteiger partial charge in [0.2, 0.25) is 5.91 Å². The summed E-state index contributed by atoms with van der Waals surface area (Å²) in [6.45, 7) is 2.22. The van der Waals surface area contributed by atoms with E-state index in [0.29, 0.717) is 12.5 Å². The Morgan fingerprint density at radius 3 is 2.95 bits per heavy atom. The van der Waals surface area contributed by atoms with Crippen LogP contribution in [-0.4, -0.2) is 30.5 Å². The highest BCUT2D eigenvalue weighted by Gasteiger charge is 2.20. The van der Waals surface area contributed by atoms with E-state index in [-0.39, 0.29) is 17.0 Å². The van der Waals surface area contributed by atoms with E-state index in [1.54, 1.807) is 0 Å². The molecule has 7 heteroatoms. The van der Waals surface area contributed by atoms with E-state index in [2.05, 4.69) is 5.32 Å². The molecular formula is C13H17N3O4. The molecule has 0 bridgehead atoms. The van der Waals surface area contributed by atoms with Crippen molar-refractivity contribution in [2.24, 2.45) is 11.7 Å². The Balaban J connectivity index is 2.12. The third-order valence-corrected chi connectivity index (χ3v) is 3.31. The van der Waals surface area contributed by atoms with Crippen LogP contribution in [-0.2, 0) is 0 Å². The van der Waals surface area contributed by atoms with Crippen LogP contribution in [0.25, 0.3) is 0 Å². The fourth-order valence-electron chi connectivity index (χ4n) is 2.21. The van der Waals surface area contributed by atoms with Crippen molar-refractivity contribution < 1.29 is 14.5 Å². The maximum atomic E-state index is 11.1. The molecular weight excluding hydrogens is 262 g/mol. The number of primary amides is 1. The number of nitrogens with one attached hydrogen (secondary N) is 1. The molecule has 1 aliphatic heterocycles. The van der Waals surface area contributed by atoms with Gasteiger partial charge >= 0.3 is 5.69 Å². The predicted molar refractivity (Wildman–Crippen MR) is 72.7 cm³/mol. The van der Waals surface area contributed by atoms with Gasteiger partial charge in [0.1, 0.15) is 0 Å². The molecule has 20 heavy (non-hydrogen) atoms. The number of piperidine rings is 1. The van der Waals surface area contributed by atoms with E-state index >= 15 is 0 Å². The summed E-state index contributed by atoms with van der Waals surface area (Å²) in [7, 11) is 0. The lowest BCUT2D eigenvalue weighted by Gasteiger charge is -2.22. The minimum atomic E-state index is -0.635. The number of carbonyl (C=O) groups excluding carboxylic acids is 1. The molecule has 0 aliphatic carbocycles. The first-order valence-corrected chi connectivity index (χ1v) is 6.49. The second-order valence-electron chi connectivity index (χ2n) is 4.83.